The minimum atomic E-state index is -0.0745. The van der Waals surface area contributed by atoms with Crippen molar-refractivity contribution in [2.75, 3.05) is 7.11 Å². The van der Waals surface area contributed by atoms with Gasteiger partial charge in [0.2, 0.25) is 0 Å². The Morgan fingerprint density at radius 2 is 1.88 bits per heavy atom. The first-order valence-corrected chi connectivity index (χ1v) is 11.4. The Balaban J connectivity index is 1.37. The van der Waals surface area contributed by atoms with E-state index in [1.807, 2.05) is 48.7 Å². The Hall–Kier alpha value is -3.64. The van der Waals surface area contributed by atoms with E-state index in [4.69, 9.17) is 9.72 Å². The van der Waals surface area contributed by atoms with E-state index in [0.29, 0.717) is 12.1 Å². The molecule has 2 heterocycles. The van der Waals surface area contributed by atoms with Crippen molar-refractivity contribution in [2.45, 2.75) is 19.9 Å². The van der Waals surface area contributed by atoms with Gasteiger partial charge in [0.15, 0.2) is 4.96 Å². The fraction of sp³-hybridized carbons (Fsp3) is 0.154. The van der Waals surface area contributed by atoms with E-state index < -0.39 is 0 Å². The van der Waals surface area contributed by atoms with Crippen LogP contribution >= 0.6 is 11.3 Å². The van der Waals surface area contributed by atoms with Crippen LogP contribution in [0.5, 0.6) is 5.75 Å². The smallest absolute Gasteiger partial charge is 0.251 e. The highest BCUT2D eigenvalue weighted by Crippen LogP contribution is 2.31. The third kappa shape index (κ3) is 3.85. The summed E-state index contributed by atoms with van der Waals surface area (Å²) in [5.74, 6) is 0.732. The van der Waals surface area contributed by atoms with Gasteiger partial charge in [-0.05, 0) is 47.9 Å². The van der Waals surface area contributed by atoms with Crippen LogP contribution in [0, 0.1) is 0 Å². The second kappa shape index (κ2) is 8.48. The van der Waals surface area contributed by atoms with E-state index in [1.165, 1.54) is 5.56 Å². The number of benzene rings is 3. The normalized spacial score (nSPS) is 11.2. The van der Waals surface area contributed by atoms with Crippen molar-refractivity contribution in [3.63, 3.8) is 0 Å². The van der Waals surface area contributed by atoms with Crippen LogP contribution in [0.3, 0.4) is 0 Å². The molecule has 5 nitrogen and oxygen atoms in total. The van der Waals surface area contributed by atoms with E-state index in [-0.39, 0.29) is 5.91 Å². The molecule has 32 heavy (non-hydrogen) atoms. The number of carbonyl (C=O) groups excluding carboxylic acids is 1. The number of carbonyl (C=O) groups is 1. The lowest BCUT2D eigenvalue weighted by atomic mass is 10.1. The number of thiazole rings is 1. The maximum Gasteiger partial charge on any atom is 0.251 e. The maximum atomic E-state index is 12.7. The van der Waals surface area contributed by atoms with Crippen molar-refractivity contribution in [3.8, 4) is 17.0 Å². The number of rotatable bonds is 6. The Bertz CT molecular complexity index is 1420. The number of hydrogen-bond acceptors (Lipinski definition) is 4. The first-order valence-electron chi connectivity index (χ1n) is 10.6. The monoisotopic (exact) mass is 441 g/mol. The van der Waals surface area contributed by atoms with Crippen LogP contribution < -0.4 is 10.1 Å². The zero-order chi connectivity index (χ0) is 22.1. The number of amides is 1. The highest BCUT2D eigenvalue weighted by molar-refractivity contribution is 7.23. The Kier molecular flexibility index (Phi) is 5.37. The van der Waals surface area contributed by atoms with Gasteiger partial charge in [0, 0.05) is 23.9 Å². The average Bonchev–Trinajstić information content (AvgIpc) is 3.40. The molecule has 0 bridgehead atoms. The van der Waals surface area contributed by atoms with Crippen molar-refractivity contribution >= 4 is 32.4 Å². The molecule has 6 heteroatoms. The van der Waals surface area contributed by atoms with Crippen LogP contribution in [0.1, 0.15) is 28.4 Å². The first kappa shape index (κ1) is 20.3. The number of hydrogen-bond donors (Lipinski definition) is 1. The molecule has 5 rings (SSSR count). The summed E-state index contributed by atoms with van der Waals surface area (Å²) in [4.78, 5) is 18.4. The number of imidazole rings is 1. The fourth-order valence-corrected chi connectivity index (χ4v) is 4.79. The molecule has 3 aromatic carbocycles. The Labute approximate surface area is 190 Å². The van der Waals surface area contributed by atoms with Crippen molar-refractivity contribution in [3.05, 3.63) is 89.6 Å². The van der Waals surface area contributed by atoms with Gasteiger partial charge < -0.3 is 10.1 Å². The van der Waals surface area contributed by atoms with Crippen LogP contribution in [0.15, 0.2) is 72.9 Å². The second-order valence-corrected chi connectivity index (χ2v) is 8.66. The first-order chi connectivity index (χ1) is 15.6. The molecule has 0 aliphatic carbocycles. The van der Waals surface area contributed by atoms with E-state index >= 15 is 0 Å². The second-order valence-electron chi connectivity index (χ2n) is 7.65. The molecular formula is C26H23N3O2S. The molecule has 0 saturated heterocycles. The van der Waals surface area contributed by atoms with Gasteiger partial charge in [-0.2, -0.15) is 0 Å². The minimum Gasteiger partial charge on any atom is -0.497 e. The molecule has 1 amide bonds. The topological polar surface area (TPSA) is 55.6 Å². The van der Waals surface area contributed by atoms with Crippen molar-refractivity contribution in [2.24, 2.45) is 0 Å². The van der Waals surface area contributed by atoms with Gasteiger partial charge >= 0.3 is 0 Å². The number of fused-ring (bicyclic) bond motifs is 3. The Morgan fingerprint density at radius 3 is 2.66 bits per heavy atom. The van der Waals surface area contributed by atoms with Crippen LogP contribution in [0.2, 0.25) is 0 Å². The molecule has 0 aliphatic heterocycles. The largest absolute Gasteiger partial charge is 0.497 e. The molecule has 0 aliphatic rings. The number of ether oxygens (including phenoxy) is 1. The molecule has 0 saturated carbocycles. The summed E-state index contributed by atoms with van der Waals surface area (Å²) < 4.78 is 8.43. The summed E-state index contributed by atoms with van der Waals surface area (Å²) in [6.07, 6.45) is 3.04. The zero-order valence-corrected chi connectivity index (χ0v) is 18.8. The lowest BCUT2D eigenvalue weighted by Crippen LogP contribution is -2.22. The molecule has 1 N–H and O–H groups in total. The summed E-state index contributed by atoms with van der Waals surface area (Å²) in [5, 5.41) is 3.02. The predicted molar refractivity (Wildman–Crippen MR) is 130 cm³/mol. The number of nitrogens with zero attached hydrogens (tertiary/aromatic N) is 2. The zero-order valence-electron chi connectivity index (χ0n) is 18.0. The SMILES string of the molecule is CCc1ccc(CNC(=O)c2ccc3c(c2)sc2nc(-c4cccc(OC)c4)cn23)cc1. The molecule has 0 atom stereocenters. The number of aromatic nitrogens is 2. The summed E-state index contributed by atoms with van der Waals surface area (Å²) in [5.41, 5.74) is 5.99. The average molecular weight is 442 g/mol. The van der Waals surface area contributed by atoms with Gasteiger partial charge in [-0.25, -0.2) is 4.98 Å². The molecular weight excluding hydrogens is 418 g/mol. The molecule has 2 aromatic heterocycles. The molecule has 5 aromatic rings. The lowest BCUT2D eigenvalue weighted by Gasteiger charge is -2.06. The van der Waals surface area contributed by atoms with Crippen LogP contribution in [0.4, 0.5) is 0 Å². The summed E-state index contributed by atoms with van der Waals surface area (Å²) >= 11 is 1.58. The van der Waals surface area contributed by atoms with Crippen molar-refractivity contribution in [1.82, 2.24) is 14.7 Å². The molecule has 0 unspecified atom stereocenters. The lowest BCUT2D eigenvalue weighted by molar-refractivity contribution is 0.0951. The van der Waals surface area contributed by atoms with E-state index in [1.54, 1.807) is 18.4 Å². The number of nitrogens with one attached hydrogen (secondary N) is 1. The van der Waals surface area contributed by atoms with E-state index in [2.05, 4.69) is 40.9 Å². The minimum absolute atomic E-state index is 0.0745. The van der Waals surface area contributed by atoms with E-state index in [0.717, 1.165) is 44.2 Å². The van der Waals surface area contributed by atoms with Crippen molar-refractivity contribution in [1.29, 1.82) is 0 Å². The third-order valence-electron chi connectivity index (χ3n) is 5.61. The van der Waals surface area contributed by atoms with Crippen LogP contribution in [0.25, 0.3) is 26.4 Å². The van der Waals surface area contributed by atoms with Crippen LogP contribution in [-0.4, -0.2) is 22.4 Å². The summed E-state index contributed by atoms with van der Waals surface area (Å²) in [6.45, 7) is 2.65. The van der Waals surface area contributed by atoms with Gasteiger partial charge in [-0.3, -0.25) is 9.20 Å². The molecule has 160 valence electrons. The maximum absolute atomic E-state index is 12.7. The number of aryl methyl sites for hydroxylation is 1. The highest BCUT2D eigenvalue weighted by atomic mass is 32.1. The summed E-state index contributed by atoms with van der Waals surface area (Å²) in [7, 11) is 1.66. The third-order valence-corrected chi connectivity index (χ3v) is 6.62. The highest BCUT2D eigenvalue weighted by Gasteiger charge is 2.13. The fourth-order valence-electron chi connectivity index (χ4n) is 3.74. The Morgan fingerprint density at radius 1 is 1.06 bits per heavy atom. The quantitative estimate of drug-likeness (QED) is 0.367. The van der Waals surface area contributed by atoms with Gasteiger partial charge in [-0.1, -0.05) is 54.7 Å². The molecule has 0 radical (unpaired) electrons. The standard InChI is InChI=1S/C26H23N3O2S/c1-3-17-7-9-18(10-8-17)15-27-25(30)20-11-12-23-24(14-20)32-26-28-22(16-29(23)26)19-5-4-6-21(13-19)31-2/h4-14,16H,3,15H2,1-2H3,(H,27,30). The predicted octanol–water partition coefficient (Wildman–Crippen LogP) is 5.72. The van der Waals surface area contributed by atoms with Gasteiger partial charge in [0.25, 0.3) is 5.91 Å². The number of methoxy groups -OCH3 is 1. The van der Waals surface area contributed by atoms with Gasteiger partial charge in [-0.15, -0.1) is 0 Å². The van der Waals surface area contributed by atoms with Gasteiger partial charge in [0.05, 0.1) is 23.0 Å². The molecule has 0 fully saturated rings. The van der Waals surface area contributed by atoms with Gasteiger partial charge in [0.1, 0.15) is 5.75 Å². The summed E-state index contributed by atoms with van der Waals surface area (Å²) in [6, 6.07) is 22.0. The molecule has 0 spiro atoms. The van der Waals surface area contributed by atoms with Crippen LogP contribution in [-0.2, 0) is 13.0 Å². The van der Waals surface area contributed by atoms with E-state index in [9.17, 15) is 4.79 Å². The van der Waals surface area contributed by atoms with Crippen molar-refractivity contribution < 1.29 is 9.53 Å².